The summed E-state index contributed by atoms with van der Waals surface area (Å²) in [6.45, 7) is 0.580. The first-order chi connectivity index (χ1) is 18.2. The van der Waals surface area contributed by atoms with Gasteiger partial charge in [0.1, 0.15) is 0 Å². The number of aromatic nitrogens is 1. The number of aryl methyl sites for hydroxylation is 2. The smallest absolute Gasteiger partial charge is 0.335 e. The van der Waals surface area contributed by atoms with Gasteiger partial charge in [0, 0.05) is 23.0 Å². The van der Waals surface area contributed by atoms with Gasteiger partial charge in [-0.25, -0.2) is 4.79 Å². The van der Waals surface area contributed by atoms with Gasteiger partial charge in [0.25, 0.3) is 0 Å². The van der Waals surface area contributed by atoms with Crippen LogP contribution < -0.4 is 5.73 Å². The highest BCUT2D eigenvalue weighted by molar-refractivity contribution is 5.87. The van der Waals surface area contributed by atoms with Gasteiger partial charge in [-0.15, -0.1) is 0 Å². The molecule has 1 aromatic heterocycles. The summed E-state index contributed by atoms with van der Waals surface area (Å²) in [6, 6.07) is 37.4. The summed E-state index contributed by atoms with van der Waals surface area (Å²) in [6.07, 6.45) is 3.59. The van der Waals surface area contributed by atoms with Gasteiger partial charge in [0.2, 0.25) is 0 Å². The number of carboxylic acids is 1. The highest BCUT2D eigenvalue weighted by Crippen LogP contribution is 2.37. The molecular weight excluding hydrogens is 456 g/mol. The number of hydrogen-bond acceptors (Lipinski definition) is 2. The first kappa shape index (κ1) is 24.5. The molecule has 0 saturated heterocycles. The lowest BCUT2D eigenvalue weighted by molar-refractivity contribution is 0.0697. The summed E-state index contributed by atoms with van der Waals surface area (Å²) in [5, 5.41) is 10.5. The van der Waals surface area contributed by atoms with Crippen LogP contribution in [0.5, 0.6) is 0 Å². The average Bonchev–Trinajstić information content (AvgIpc) is 3.23. The maximum atomic E-state index is 11.2. The Morgan fingerprint density at radius 3 is 1.92 bits per heavy atom. The second-order valence-electron chi connectivity index (χ2n) is 9.43. The van der Waals surface area contributed by atoms with Gasteiger partial charge < -0.3 is 15.4 Å². The van der Waals surface area contributed by atoms with E-state index in [0.29, 0.717) is 12.1 Å². The predicted molar refractivity (Wildman–Crippen MR) is 150 cm³/mol. The minimum Gasteiger partial charge on any atom is -0.478 e. The van der Waals surface area contributed by atoms with Crippen molar-refractivity contribution < 1.29 is 9.90 Å². The van der Waals surface area contributed by atoms with E-state index in [4.69, 9.17) is 5.73 Å². The molecule has 4 aromatic carbocycles. The lowest BCUT2D eigenvalue weighted by Gasteiger charge is -2.25. The fourth-order valence-corrected chi connectivity index (χ4v) is 5.41. The molecule has 186 valence electrons. The summed E-state index contributed by atoms with van der Waals surface area (Å²) in [5.74, 6) is -0.892. The SMILES string of the molecule is NCCc1c(CCCc2ccc(C(=O)O)cc2)c2ccccc2n1C(c1ccccc1)c1ccccc1. The van der Waals surface area contributed by atoms with E-state index >= 15 is 0 Å². The normalized spacial score (nSPS) is 11.3. The van der Waals surface area contributed by atoms with Gasteiger partial charge in [0.15, 0.2) is 0 Å². The largest absolute Gasteiger partial charge is 0.478 e. The number of aromatic carboxylic acids is 1. The number of carbonyl (C=O) groups is 1. The Morgan fingerprint density at radius 2 is 1.32 bits per heavy atom. The van der Waals surface area contributed by atoms with Crippen molar-refractivity contribution in [3.8, 4) is 0 Å². The molecule has 1 heterocycles. The molecule has 0 unspecified atom stereocenters. The minimum absolute atomic E-state index is 0.0474. The Balaban J connectivity index is 1.56. The lowest BCUT2D eigenvalue weighted by atomic mass is 9.97. The molecule has 0 bridgehead atoms. The topological polar surface area (TPSA) is 68.2 Å². The van der Waals surface area contributed by atoms with Crippen molar-refractivity contribution >= 4 is 16.9 Å². The Morgan fingerprint density at radius 1 is 0.730 bits per heavy atom. The average molecular weight is 489 g/mol. The van der Waals surface area contributed by atoms with E-state index in [1.54, 1.807) is 12.1 Å². The van der Waals surface area contributed by atoms with Crippen LogP contribution in [0.2, 0.25) is 0 Å². The number of carboxylic acid groups (broad SMARTS) is 1. The molecule has 37 heavy (non-hydrogen) atoms. The molecule has 0 amide bonds. The number of rotatable bonds is 10. The highest BCUT2D eigenvalue weighted by Gasteiger charge is 2.24. The molecule has 0 aliphatic carbocycles. The Bertz CT molecular complexity index is 1430. The van der Waals surface area contributed by atoms with Gasteiger partial charge in [-0.05, 0) is 66.3 Å². The number of fused-ring (bicyclic) bond motifs is 1. The number of benzene rings is 4. The molecular formula is C33H32N2O2. The monoisotopic (exact) mass is 488 g/mol. The molecule has 0 fully saturated rings. The Hall–Kier alpha value is -4.15. The van der Waals surface area contributed by atoms with Crippen LogP contribution in [0.3, 0.4) is 0 Å². The zero-order chi connectivity index (χ0) is 25.6. The van der Waals surface area contributed by atoms with E-state index in [9.17, 15) is 9.90 Å². The molecule has 4 nitrogen and oxygen atoms in total. The highest BCUT2D eigenvalue weighted by atomic mass is 16.4. The Labute approximate surface area is 218 Å². The van der Waals surface area contributed by atoms with E-state index in [1.807, 2.05) is 12.1 Å². The van der Waals surface area contributed by atoms with E-state index in [0.717, 1.165) is 31.2 Å². The van der Waals surface area contributed by atoms with E-state index in [-0.39, 0.29) is 6.04 Å². The molecule has 4 heteroatoms. The summed E-state index contributed by atoms with van der Waals surface area (Å²) in [7, 11) is 0. The van der Waals surface area contributed by atoms with Gasteiger partial charge in [-0.1, -0.05) is 91.0 Å². The van der Waals surface area contributed by atoms with Crippen LogP contribution in [0.15, 0.2) is 109 Å². The second kappa shape index (κ2) is 11.3. The second-order valence-corrected chi connectivity index (χ2v) is 9.43. The molecule has 5 aromatic rings. The van der Waals surface area contributed by atoms with Crippen LogP contribution in [0.4, 0.5) is 0 Å². The first-order valence-electron chi connectivity index (χ1n) is 12.9. The van der Waals surface area contributed by atoms with Crippen LogP contribution in [-0.2, 0) is 19.3 Å². The molecule has 5 rings (SSSR count). The standard InChI is InChI=1S/C33H32N2O2/c34-23-22-31-29(16-9-10-24-18-20-27(21-19-24)33(36)37)28-15-7-8-17-30(28)35(31)32(25-11-3-1-4-12-25)26-13-5-2-6-14-26/h1-8,11-15,17-21,32H,9-10,16,22-23,34H2,(H,36,37). The van der Waals surface area contributed by atoms with Crippen molar-refractivity contribution in [1.29, 1.82) is 0 Å². The van der Waals surface area contributed by atoms with Crippen molar-refractivity contribution in [3.05, 3.63) is 143 Å². The number of hydrogen-bond donors (Lipinski definition) is 2. The zero-order valence-corrected chi connectivity index (χ0v) is 20.9. The summed E-state index contributed by atoms with van der Waals surface area (Å²) in [4.78, 5) is 11.2. The first-order valence-corrected chi connectivity index (χ1v) is 12.9. The van der Waals surface area contributed by atoms with Crippen molar-refractivity contribution in [3.63, 3.8) is 0 Å². The maximum Gasteiger partial charge on any atom is 0.335 e. The number of nitrogens with zero attached hydrogens (tertiary/aromatic N) is 1. The fraction of sp³-hybridized carbons (Fsp3) is 0.182. The van der Waals surface area contributed by atoms with E-state index < -0.39 is 5.97 Å². The zero-order valence-electron chi connectivity index (χ0n) is 20.9. The maximum absolute atomic E-state index is 11.2. The van der Waals surface area contributed by atoms with Crippen molar-refractivity contribution in [1.82, 2.24) is 4.57 Å². The van der Waals surface area contributed by atoms with Crippen LogP contribution >= 0.6 is 0 Å². The fourth-order valence-electron chi connectivity index (χ4n) is 5.41. The third kappa shape index (κ3) is 5.20. The molecule has 0 atom stereocenters. The van der Waals surface area contributed by atoms with Crippen molar-refractivity contribution in [2.45, 2.75) is 31.7 Å². The van der Waals surface area contributed by atoms with Crippen LogP contribution in [0, 0.1) is 0 Å². The van der Waals surface area contributed by atoms with Gasteiger partial charge in [-0.3, -0.25) is 0 Å². The molecule has 0 aliphatic rings. The Kier molecular flexibility index (Phi) is 7.48. The number of para-hydroxylation sites is 1. The van der Waals surface area contributed by atoms with Crippen LogP contribution in [-0.4, -0.2) is 22.2 Å². The molecule has 3 N–H and O–H groups in total. The quantitative estimate of drug-likeness (QED) is 0.231. The van der Waals surface area contributed by atoms with Crippen molar-refractivity contribution in [2.75, 3.05) is 6.54 Å². The van der Waals surface area contributed by atoms with Gasteiger partial charge in [-0.2, -0.15) is 0 Å². The van der Waals surface area contributed by atoms with Gasteiger partial charge >= 0.3 is 5.97 Å². The van der Waals surface area contributed by atoms with Crippen molar-refractivity contribution in [2.24, 2.45) is 5.73 Å². The van der Waals surface area contributed by atoms with Crippen LogP contribution in [0.1, 0.15) is 50.8 Å². The third-order valence-electron chi connectivity index (χ3n) is 7.09. The summed E-state index contributed by atoms with van der Waals surface area (Å²) in [5.41, 5.74) is 14.0. The predicted octanol–water partition coefficient (Wildman–Crippen LogP) is 6.65. The number of nitrogens with two attached hydrogens (primary N) is 1. The summed E-state index contributed by atoms with van der Waals surface area (Å²) >= 11 is 0. The lowest BCUT2D eigenvalue weighted by Crippen LogP contribution is -2.18. The van der Waals surface area contributed by atoms with E-state index in [2.05, 4.69) is 89.5 Å². The summed E-state index contributed by atoms with van der Waals surface area (Å²) < 4.78 is 2.50. The van der Waals surface area contributed by atoms with E-state index in [1.165, 1.54) is 33.3 Å². The molecule has 0 spiro atoms. The van der Waals surface area contributed by atoms with Crippen LogP contribution in [0.25, 0.3) is 10.9 Å². The molecule has 0 radical (unpaired) electrons. The van der Waals surface area contributed by atoms with Gasteiger partial charge in [0.05, 0.1) is 11.6 Å². The third-order valence-corrected chi connectivity index (χ3v) is 7.09. The minimum atomic E-state index is -0.892. The molecule has 0 saturated carbocycles. The molecule has 0 aliphatic heterocycles.